The van der Waals surface area contributed by atoms with Crippen LogP contribution in [0.3, 0.4) is 0 Å². The van der Waals surface area contributed by atoms with Gasteiger partial charge < -0.3 is 18.9 Å². The standard InChI is InChI=1S/C22H25NO6/c1-22(2,3)29-21(25)14-28-17-11-16(12-23-13-17)18(24)8-6-15-7-9-19(26-4)20(10-15)27-5/h6-13H,14H2,1-5H3/b8-6+. The van der Waals surface area contributed by atoms with Gasteiger partial charge in [0, 0.05) is 11.8 Å². The van der Waals surface area contributed by atoms with E-state index in [1.807, 2.05) is 6.07 Å². The summed E-state index contributed by atoms with van der Waals surface area (Å²) in [6.07, 6.45) is 5.95. The summed E-state index contributed by atoms with van der Waals surface area (Å²) >= 11 is 0. The monoisotopic (exact) mass is 399 g/mol. The quantitative estimate of drug-likeness (QED) is 0.380. The van der Waals surface area contributed by atoms with Crippen molar-refractivity contribution >= 4 is 17.8 Å². The number of pyridine rings is 1. The van der Waals surface area contributed by atoms with Gasteiger partial charge in [-0.25, -0.2) is 4.79 Å². The largest absolute Gasteiger partial charge is 0.493 e. The summed E-state index contributed by atoms with van der Waals surface area (Å²) in [6.45, 7) is 5.06. The molecule has 0 saturated carbocycles. The van der Waals surface area contributed by atoms with E-state index >= 15 is 0 Å². The number of carbonyl (C=O) groups is 2. The van der Waals surface area contributed by atoms with Gasteiger partial charge in [0.05, 0.1) is 20.4 Å². The summed E-state index contributed by atoms with van der Waals surface area (Å²) in [5, 5.41) is 0. The van der Waals surface area contributed by atoms with E-state index in [0.717, 1.165) is 5.56 Å². The lowest BCUT2D eigenvalue weighted by Crippen LogP contribution is -2.27. The first-order valence-electron chi connectivity index (χ1n) is 8.96. The van der Waals surface area contributed by atoms with Crippen LogP contribution in [-0.2, 0) is 9.53 Å². The summed E-state index contributed by atoms with van der Waals surface area (Å²) in [5.41, 5.74) is 0.524. The van der Waals surface area contributed by atoms with Gasteiger partial charge in [-0.15, -0.1) is 0 Å². The molecule has 7 heteroatoms. The molecule has 0 aliphatic heterocycles. The molecule has 0 amide bonds. The van der Waals surface area contributed by atoms with E-state index in [0.29, 0.717) is 22.8 Å². The van der Waals surface area contributed by atoms with Gasteiger partial charge in [0.1, 0.15) is 11.4 Å². The molecule has 0 radical (unpaired) electrons. The van der Waals surface area contributed by atoms with E-state index in [4.69, 9.17) is 18.9 Å². The van der Waals surface area contributed by atoms with Crippen molar-refractivity contribution in [2.24, 2.45) is 0 Å². The molecule has 29 heavy (non-hydrogen) atoms. The van der Waals surface area contributed by atoms with Gasteiger partial charge in [-0.05, 0) is 50.6 Å². The first-order chi connectivity index (χ1) is 13.7. The summed E-state index contributed by atoms with van der Waals surface area (Å²) in [6, 6.07) is 6.86. The number of nitrogens with zero attached hydrogens (tertiary/aromatic N) is 1. The number of hydrogen-bond donors (Lipinski definition) is 0. The molecule has 0 atom stereocenters. The van der Waals surface area contributed by atoms with Crippen LogP contribution in [0.5, 0.6) is 17.2 Å². The Kier molecular flexibility index (Phi) is 7.36. The van der Waals surface area contributed by atoms with E-state index in [1.54, 1.807) is 53.2 Å². The molecule has 2 rings (SSSR count). The number of methoxy groups -OCH3 is 2. The van der Waals surface area contributed by atoms with Crippen LogP contribution < -0.4 is 14.2 Å². The number of rotatable bonds is 8. The number of carbonyl (C=O) groups excluding carboxylic acids is 2. The molecular formula is C22H25NO6. The normalized spacial score (nSPS) is 11.2. The third kappa shape index (κ3) is 6.95. The molecule has 1 aromatic carbocycles. The van der Waals surface area contributed by atoms with Gasteiger partial charge in [-0.2, -0.15) is 0 Å². The second kappa shape index (κ2) is 9.73. The summed E-state index contributed by atoms with van der Waals surface area (Å²) < 4.78 is 21.0. The van der Waals surface area contributed by atoms with Crippen molar-refractivity contribution in [2.45, 2.75) is 26.4 Å². The average Bonchev–Trinajstić information content (AvgIpc) is 2.69. The number of hydrogen-bond acceptors (Lipinski definition) is 7. The molecule has 0 aliphatic carbocycles. The molecule has 1 aromatic heterocycles. The predicted molar refractivity (Wildman–Crippen MR) is 108 cm³/mol. The van der Waals surface area contributed by atoms with Gasteiger partial charge in [0.25, 0.3) is 0 Å². The first-order valence-corrected chi connectivity index (χ1v) is 8.96. The molecule has 0 aliphatic rings. The van der Waals surface area contributed by atoms with Gasteiger partial charge in [-0.1, -0.05) is 12.1 Å². The van der Waals surface area contributed by atoms with Crippen molar-refractivity contribution in [1.82, 2.24) is 4.98 Å². The summed E-state index contributed by atoms with van der Waals surface area (Å²) in [5.74, 6) is 0.732. The molecule has 0 fully saturated rings. The minimum Gasteiger partial charge on any atom is -0.493 e. The Morgan fingerprint density at radius 1 is 1.03 bits per heavy atom. The molecule has 154 valence electrons. The lowest BCUT2D eigenvalue weighted by molar-refractivity contribution is -0.157. The fourth-order valence-electron chi connectivity index (χ4n) is 2.37. The van der Waals surface area contributed by atoms with Crippen molar-refractivity contribution < 1.29 is 28.5 Å². The Hall–Kier alpha value is -3.35. The fraction of sp³-hybridized carbons (Fsp3) is 0.318. The van der Waals surface area contributed by atoms with E-state index in [9.17, 15) is 9.59 Å². The molecule has 0 unspecified atom stereocenters. The maximum Gasteiger partial charge on any atom is 0.344 e. The third-order valence-corrected chi connectivity index (χ3v) is 3.61. The molecule has 2 aromatic rings. The Morgan fingerprint density at radius 3 is 2.41 bits per heavy atom. The highest BCUT2D eigenvalue weighted by molar-refractivity contribution is 6.06. The minimum absolute atomic E-state index is 0.255. The maximum atomic E-state index is 12.4. The van der Waals surface area contributed by atoms with Crippen LogP contribution in [0.2, 0.25) is 0 Å². The van der Waals surface area contributed by atoms with Gasteiger partial charge in [0.2, 0.25) is 0 Å². The van der Waals surface area contributed by atoms with Crippen LogP contribution >= 0.6 is 0 Å². The number of ether oxygens (including phenoxy) is 4. The molecule has 0 bridgehead atoms. The molecule has 0 N–H and O–H groups in total. The molecule has 0 spiro atoms. The maximum absolute atomic E-state index is 12.4. The average molecular weight is 399 g/mol. The second-order valence-electron chi connectivity index (χ2n) is 7.10. The van der Waals surface area contributed by atoms with Gasteiger partial charge in [-0.3, -0.25) is 9.78 Å². The molecule has 1 heterocycles. The summed E-state index contributed by atoms with van der Waals surface area (Å²) in [7, 11) is 3.10. The Balaban J connectivity index is 2.03. The number of allylic oxidation sites excluding steroid dienone is 1. The van der Waals surface area contributed by atoms with Crippen LogP contribution in [0.4, 0.5) is 0 Å². The van der Waals surface area contributed by atoms with Crippen LogP contribution in [0.15, 0.2) is 42.7 Å². The van der Waals surface area contributed by atoms with Crippen LogP contribution in [-0.4, -0.2) is 43.2 Å². The molecule has 7 nitrogen and oxygen atoms in total. The van der Waals surface area contributed by atoms with Crippen molar-refractivity contribution in [3.63, 3.8) is 0 Å². The topological polar surface area (TPSA) is 84.0 Å². The SMILES string of the molecule is COc1ccc(/C=C/C(=O)c2cncc(OCC(=O)OC(C)(C)C)c2)cc1OC. The zero-order valence-corrected chi connectivity index (χ0v) is 17.2. The van der Waals surface area contributed by atoms with Crippen LogP contribution in [0.1, 0.15) is 36.7 Å². The van der Waals surface area contributed by atoms with E-state index in [1.165, 1.54) is 24.5 Å². The van der Waals surface area contributed by atoms with Crippen molar-refractivity contribution in [1.29, 1.82) is 0 Å². The van der Waals surface area contributed by atoms with Gasteiger partial charge >= 0.3 is 5.97 Å². The number of benzene rings is 1. The first kappa shape index (κ1) is 21.9. The molecular weight excluding hydrogens is 374 g/mol. The van der Waals surface area contributed by atoms with Crippen molar-refractivity contribution in [3.05, 3.63) is 53.9 Å². The number of aromatic nitrogens is 1. The zero-order chi connectivity index (χ0) is 21.4. The van der Waals surface area contributed by atoms with Crippen molar-refractivity contribution in [3.8, 4) is 17.2 Å². The lowest BCUT2D eigenvalue weighted by atomic mass is 10.1. The van der Waals surface area contributed by atoms with E-state index in [2.05, 4.69) is 4.98 Å². The van der Waals surface area contributed by atoms with E-state index < -0.39 is 11.6 Å². The second-order valence-corrected chi connectivity index (χ2v) is 7.10. The number of ketones is 1. The van der Waals surface area contributed by atoms with Gasteiger partial charge in [0.15, 0.2) is 23.9 Å². The highest BCUT2D eigenvalue weighted by Crippen LogP contribution is 2.28. The fourth-order valence-corrected chi connectivity index (χ4v) is 2.37. The predicted octanol–water partition coefficient (Wildman–Crippen LogP) is 3.72. The minimum atomic E-state index is -0.592. The summed E-state index contributed by atoms with van der Waals surface area (Å²) in [4.78, 5) is 28.2. The Labute approximate surface area is 170 Å². The highest BCUT2D eigenvalue weighted by Gasteiger charge is 2.16. The zero-order valence-electron chi connectivity index (χ0n) is 17.2. The Morgan fingerprint density at radius 2 is 1.76 bits per heavy atom. The van der Waals surface area contributed by atoms with Crippen LogP contribution in [0, 0.1) is 0 Å². The van der Waals surface area contributed by atoms with Crippen LogP contribution in [0.25, 0.3) is 6.08 Å². The third-order valence-electron chi connectivity index (χ3n) is 3.61. The Bertz CT molecular complexity index is 898. The molecule has 0 saturated heterocycles. The van der Waals surface area contributed by atoms with Crippen molar-refractivity contribution in [2.75, 3.05) is 20.8 Å². The lowest BCUT2D eigenvalue weighted by Gasteiger charge is -2.19. The highest BCUT2D eigenvalue weighted by atomic mass is 16.6. The van der Waals surface area contributed by atoms with E-state index in [-0.39, 0.29) is 12.4 Å². The smallest absolute Gasteiger partial charge is 0.344 e. The number of esters is 1.